The first-order chi connectivity index (χ1) is 9.13. The number of rotatable bonds is 7. The molecule has 1 atom stereocenters. The summed E-state index contributed by atoms with van der Waals surface area (Å²) in [6.45, 7) is 4.48. The fourth-order valence-electron chi connectivity index (χ4n) is 2.01. The lowest BCUT2D eigenvalue weighted by Crippen LogP contribution is -2.28. The Balaban J connectivity index is 2.70. The number of benzene rings is 1. The molecular formula is C15H23NO3. The van der Waals surface area contributed by atoms with Gasteiger partial charge in [0.15, 0.2) is 11.5 Å². The molecule has 0 aromatic heterocycles. The molecule has 106 valence electrons. The van der Waals surface area contributed by atoms with E-state index in [-0.39, 0.29) is 11.8 Å². The molecule has 0 fully saturated rings. The van der Waals surface area contributed by atoms with Crippen molar-refractivity contribution in [3.63, 3.8) is 0 Å². The fraction of sp³-hybridized carbons (Fsp3) is 0.533. The Kier molecular flexibility index (Phi) is 6.19. The van der Waals surface area contributed by atoms with Crippen molar-refractivity contribution >= 4 is 5.91 Å². The molecule has 1 N–H and O–H groups in total. The van der Waals surface area contributed by atoms with E-state index in [2.05, 4.69) is 12.2 Å². The van der Waals surface area contributed by atoms with Crippen LogP contribution in [-0.4, -0.2) is 20.1 Å². The highest BCUT2D eigenvalue weighted by Crippen LogP contribution is 2.30. The van der Waals surface area contributed by atoms with Crippen LogP contribution in [0.25, 0.3) is 0 Å². The van der Waals surface area contributed by atoms with Gasteiger partial charge in [-0.3, -0.25) is 4.79 Å². The molecule has 1 amide bonds. The summed E-state index contributed by atoms with van der Waals surface area (Å²) in [4.78, 5) is 11.9. The first kappa shape index (κ1) is 15.3. The smallest absolute Gasteiger partial charge is 0.223 e. The highest BCUT2D eigenvalue weighted by Gasteiger charge is 2.14. The molecule has 0 radical (unpaired) electrons. The summed E-state index contributed by atoms with van der Waals surface area (Å²) in [5.74, 6) is 1.47. The molecule has 1 rings (SSSR count). The SMILES string of the molecule is CCCC(C)C(=O)NCc1cccc(OC)c1OC. The molecule has 0 bridgehead atoms. The number of carbonyl (C=O) groups excluding carboxylic acids is 1. The molecule has 0 aliphatic carbocycles. The van der Waals surface area contributed by atoms with E-state index in [1.165, 1.54) is 0 Å². The van der Waals surface area contributed by atoms with Crippen LogP contribution in [0.5, 0.6) is 11.5 Å². The van der Waals surface area contributed by atoms with Gasteiger partial charge >= 0.3 is 0 Å². The Labute approximate surface area is 115 Å². The lowest BCUT2D eigenvalue weighted by molar-refractivity contribution is -0.124. The summed E-state index contributed by atoms with van der Waals surface area (Å²) in [6.07, 6.45) is 1.91. The number of methoxy groups -OCH3 is 2. The molecule has 4 nitrogen and oxygen atoms in total. The number of hydrogen-bond donors (Lipinski definition) is 1. The first-order valence-electron chi connectivity index (χ1n) is 6.61. The maximum atomic E-state index is 11.9. The summed E-state index contributed by atoms with van der Waals surface area (Å²) in [7, 11) is 3.20. The fourth-order valence-corrected chi connectivity index (χ4v) is 2.01. The van der Waals surface area contributed by atoms with E-state index in [0.29, 0.717) is 18.0 Å². The van der Waals surface area contributed by atoms with Crippen molar-refractivity contribution in [1.29, 1.82) is 0 Å². The molecule has 4 heteroatoms. The van der Waals surface area contributed by atoms with Gasteiger partial charge in [-0.05, 0) is 12.5 Å². The Morgan fingerprint density at radius 1 is 1.32 bits per heavy atom. The highest BCUT2D eigenvalue weighted by molar-refractivity contribution is 5.78. The van der Waals surface area contributed by atoms with E-state index in [4.69, 9.17) is 9.47 Å². The molecule has 0 saturated carbocycles. The predicted molar refractivity (Wildman–Crippen MR) is 75.5 cm³/mol. The number of ether oxygens (including phenoxy) is 2. The van der Waals surface area contributed by atoms with Crippen LogP contribution in [-0.2, 0) is 11.3 Å². The molecule has 1 aromatic carbocycles. The molecule has 0 aliphatic heterocycles. The molecular weight excluding hydrogens is 242 g/mol. The topological polar surface area (TPSA) is 47.6 Å². The average molecular weight is 265 g/mol. The second-order valence-corrected chi connectivity index (χ2v) is 4.56. The van der Waals surface area contributed by atoms with Gasteiger partial charge in [-0.1, -0.05) is 32.4 Å². The van der Waals surface area contributed by atoms with Gasteiger partial charge in [-0.15, -0.1) is 0 Å². The third kappa shape index (κ3) is 4.16. The quantitative estimate of drug-likeness (QED) is 0.824. The minimum atomic E-state index is 0.0432. The van der Waals surface area contributed by atoms with Crippen LogP contribution in [0.1, 0.15) is 32.3 Å². The standard InChI is InChI=1S/C15H23NO3/c1-5-7-11(2)15(17)16-10-12-8-6-9-13(18-3)14(12)19-4/h6,8-9,11H,5,7,10H2,1-4H3,(H,16,17). The van der Waals surface area contributed by atoms with Crippen LogP contribution < -0.4 is 14.8 Å². The zero-order valence-corrected chi connectivity index (χ0v) is 12.2. The second-order valence-electron chi connectivity index (χ2n) is 4.56. The zero-order valence-electron chi connectivity index (χ0n) is 12.2. The maximum Gasteiger partial charge on any atom is 0.223 e. The zero-order chi connectivity index (χ0) is 14.3. The van der Waals surface area contributed by atoms with Crippen molar-refractivity contribution in [2.75, 3.05) is 14.2 Å². The van der Waals surface area contributed by atoms with Gasteiger partial charge in [0.2, 0.25) is 5.91 Å². The van der Waals surface area contributed by atoms with E-state index in [9.17, 15) is 4.79 Å². The maximum absolute atomic E-state index is 11.9. The van der Waals surface area contributed by atoms with E-state index >= 15 is 0 Å². The van der Waals surface area contributed by atoms with Crippen LogP contribution in [0.15, 0.2) is 18.2 Å². The summed E-state index contributed by atoms with van der Waals surface area (Å²) < 4.78 is 10.6. The summed E-state index contributed by atoms with van der Waals surface area (Å²) >= 11 is 0. The minimum absolute atomic E-state index is 0.0432. The number of nitrogens with one attached hydrogen (secondary N) is 1. The number of para-hydroxylation sites is 1. The van der Waals surface area contributed by atoms with Gasteiger partial charge in [-0.2, -0.15) is 0 Å². The molecule has 0 aliphatic rings. The number of hydrogen-bond acceptors (Lipinski definition) is 3. The summed E-state index contributed by atoms with van der Waals surface area (Å²) in [5, 5.41) is 2.94. The molecule has 0 saturated heterocycles. The normalized spacial score (nSPS) is 11.8. The van der Waals surface area contributed by atoms with Crippen molar-refractivity contribution in [3.8, 4) is 11.5 Å². The largest absolute Gasteiger partial charge is 0.493 e. The third-order valence-electron chi connectivity index (χ3n) is 3.11. The first-order valence-corrected chi connectivity index (χ1v) is 6.61. The van der Waals surface area contributed by atoms with Gasteiger partial charge < -0.3 is 14.8 Å². The van der Waals surface area contributed by atoms with E-state index in [0.717, 1.165) is 18.4 Å². The number of carbonyl (C=O) groups is 1. The van der Waals surface area contributed by atoms with Gasteiger partial charge in [0, 0.05) is 18.0 Å². The molecule has 1 unspecified atom stereocenters. The Morgan fingerprint density at radius 3 is 2.63 bits per heavy atom. The van der Waals surface area contributed by atoms with Crippen molar-refractivity contribution < 1.29 is 14.3 Å². The van der Waals surface area contributed by atoms with E-state index in [1.807, 2.05) is 25.1 Å². The van der Waals surface area contributed by atoms with Crippen molar-refractivity contribution in [2.45, 2.75) is 33.2 Å². The lowest BCUT2D eigenvalue weighted by atomic mass is 10.1. The van der Waals surface area contributed by atoms with Crippen LogP contribution in [0.2, 0.25) is 0 Å². The van der Waals surface area contributed by atoms with Gasteiger partial charge in [0.05, 0.1) is 14.2 Å². The summed E-state index contributed by atoms with van der Waals surface area (Å²) in [6, 6.07) is 5.65. The van der Waals surface area contributed by atoms with E-state index < -0.39 is 0 Å². The molecule has 0 spiro atoms. The molecule has 0 heterocycles. The highest BCUT2D eigenvalue weighted by atomic mass is 16.5. The van der Waals surface area contributed by atoms with Crippen LogP contribution in [0.3, 0.4) is 0 Å². The van der Waals surface area contributed by atoms with Crippen molar-refractivity contribution in [1.82, 2.24) is 5.32 Å². The van der Waals surface area contributed by atoms with Gasteiger partial charge in [0.1, 0.15) is 0 Å². The molecule has 19 heavy (non-hydrogen) atoms. The van der Waals surface area contributed by atoms with Crippen LogP contribution >= 0.6 is 0 Å². The number of amides is 1. The minimum Gasteiger partial charge on any atom is -0.493 e. The van der Waals surface area contributed by atoms with E-state index in [1.54, 1.807) is 14.2 Å². The second kappa shape index (κ2) is 7.67. The van der Waals surface area contributed by atoms with Crippen LogP contribution in [0, 0.1) is 5.92 Å². The van der Waals surface area contributed by atoms with Gasteiger partial charge in [-0.25, -0.2) is 0 Å². The third-order valence-corrected chi connectivity index (χ3v) is 3.11. The summed E-state index contributed by atoms with van der Waals surface area (Å²) in [5.41, 5.74) is 0.916. The average Bonchev–Trinajstić information content (AvgIpc) is 2.44. The Bertz CT molecular complexity index is 418. The van der Waals surface area contributed by atoms with Crippen LogP contribution in [0.4, 0.5) is 0 Å². The van der Waals surface area contributed by atoms with Crippen molar-refractivity contribution in [2.24, 2.45) is 5.92 Å². The molecule has 1 aromatic rings. The van der Waals surface area contributed by atoms with Gasteiger partial charge in [0.25, 0.3) is 0 Å². The lowest BCUT2D eigenvalue weighted by Gasteiger charge is -2.15. The Hall–Kier alpha value is -1.71. The Morgan fingerprint density at radius 2 is 2.05 bits per heavy atom. The van der Waals surface area contributed by atoms with Crippen molar-refractivity contribution in [3.05, 3.63) is 23.8 Å². The predicted octanol–water partition coefficient (Wildman–Crippen LogP) is 2.76. The monoisotopic (exact) mass is 265 g/mol.